The Hall–Kier alpha value is -3.01. The molecule has 0 atom stereocenters. The van der Waals surface area contributed by atoms with Crippen LogP contribution in [-0.2, 0) is 27.7 Å². The van der Waals surface area contributed by atoms with E-state index in [1.165, 1.54) is 15.6 Å². The first-order valence-electron chi connectivity index (χ1n) is 11.4. The van der Waals surface area contributed by atoms with Crippen molar-refractivity contribution in [3.63, 3.8) is 0 Å². The van der Waals surface area contributed by atoms with Gasteiger partial charge in [0.1, 0.15) is 10.0 Å². The lowest BCUT2D eigenvalue weighted by Crippen LogP contribution is -2.41. The lowest BCUT2D eigenvalue weighted by molar-refractivity contribution is -0.120. The first-order valence-corrected chi connectivity index (χ1v) is 13.7. The van der Waals surface area contributed by atoms with Crippen molar-refractivity contribution in [1.82, 2.24) is 14.3 Å². The molecule has 1 fully saturated rings. The number of fused-ring (bicyclic) bond motifs is 1. The number of benzene rings is 2. The van der Waals surface area contributed by atoms with E-state index in [1.807, 2.05) is 48.5 Å². The largest absolute Gasteiger partial charge is 0.342 e. The van der Waals surface area contributed by atoms with Crippen molar-refractivity contribution >= 4 is 44.0 Å². The number of piperidine rings is 1. The van der Waals surface area contributed by atoms with Crippen LogP contribution in [-0.4, -0.2) is 41.7 Å². The summed E-state index contributed by atoms with van der Waals surface area (Å²) in [5.74, 6) is 0.691. The molecule has 2 aromatic heterocycles. The standard InChI is InChI=1S/C25H26N4O3S2/c30-25(19-12-14-29(15-13-19)34(31,32)24-9-4-16-33-24)26-20-6-3-5-18(17-20)10-11-23-27-21-7-1-2-8-22(21)28-23/h1-9,16-17,19H,10-15H2,(H,26,30)(H,27,28). The number of H-pyrrole nitrogens is 1. The average molecular weight is 495 g/mol. The molecule has 0 unspecified atom stereocenters. The second kappa shape index (κ2) is 9.69. The zero-order chi connectivity index (χ0) is 23.5. The third-order valence-corrected chi connectivity index (χ3v) is 9.47. The van der Waals surface area contributed by atoms with Gasteiger partial charge in [-0.25, -0.2) is 13.4 Å². The van der Waals surface area contributed by atoms with Crippen LogP contribution >= 0.6 is 11.3 Å². The van der Waals surface area contributed by atoms with Crippen LogP contribution in [0.5, 0.6) is 0 Å². The van der Waals surface area contributed by atoms with Crippen molar-refractivity contribution in [3.8, 4) is 0 Å². The molecule has 9 heteroatoms. The Morgan fingerprint density at radius 3 is 2.65 bits per heavy atom. The Bertz CT molecular complexity index is 1360. The third-order valence-electron chi connectivity index (χ3n) is 6.20. The van der Waals surface area contributed by atoms with Gasteiger partial charge in [0.25, 0.3) is 10.0 Å². The zero-order valence-electron chi connectivity index (χ0n) is 18.6. The third kappa shape index (κ3) is 4.91. The van der Waals surface area contributed by atoms with E-state index in [0.717, 1.165) is 41.0 Å². The fraction of sp³-hybridized carbons (Fsp3) is 0.280. The van der Waals surface area contributed by atoms with E-state index in [2.05, 4.69) is 15.3 Å². The number of carbonyl (C=O) groups excluding carboxylic acids is 1. The number of para-hydroxylation sites is 2. The van der Waals surface area contributed by atoms with Gasteiger partial charge in [0.15, 0.2) is 0 Å². The molecule has 0 saturated carbocycles. The molecule has 1 saturated heterocycles. The van der Waals surface area contributed by atoms with Gasteiger partial charge in [-0.15, -0.1) is 11.3 Å². The highest BCUT2D eigenvalue weighted by molar-refractivity contribution is 7.91. The number of aromatic nitrogens is 2. The summed E-state index contributed by atoms with van der Waals surface area (Å²) in [5, 5.41) is 4.79. The van der Waals surface area contributed by atoms with Gasteiger partial charge in [0.2, 0.25) is 5.91 Å². The summed E-state index contributed by atoms with van der Waals surface area (Å²) in [4.78, 5) is 20.8. The number of aromatic amines is 1. The lowest BCUT2D eigenvalue weighted by atomic mass is 9.97. The summed E-state index contributed by atoms with van der Waals surface area (Å²) in [5.41, 5.74) is 3.89. The number of amides is 1. The Kier molecular flexibility index (Phi) is 6.49. The van der Waals surface area contributed by atoms with Crippen LogP contribution in [0.3, 0.4) is 0 Å². The number of aryl methyl sites for hydroxylation is 2. The number of thiophene rings is 1. The van der Waals surface area contributed by atoms with Gasteiger partial charge in [0.05, 0.1) is 11.0 Å². The van der Waals surface area contributed by atoms with Gasteiger partial charge in [-0.05, 0) is 60.5 Å². The minimum absolute atomic E-state index is 0.0531. The summed E-state index contributed by atoms with van der Waals surface area (Å²) >= 11 is 1.22. The summed E-state index contributed by atoms with van der Waals surface area (Å²) in [6, 6.07) is 19.2. The van der Waals surface area contributed by atoms with E-state index >= 15 is 0 Å². The zero-order valence-corrected chi connectivity index (χ0v) is 20.2. The number of nitrogens with one attached hydrogen (secondary N) is 2. The number of hydrogen-bond donors (Lipinski definition) is 2. The van der Waals surface area contributed by atoms with Gasteiger partial charge in [-0.1, -0.05) is 30.3 Å². The summed E-state index contributed by atoms with van der Waals surface area (Å²) in [7, 11) is -3.46. The van der Waals surface area contributed by atoms with Crippen LogP contribution in [0.2, 0.25) is 0 Å². The van der Waals surface area contributed by atoms with Gasteiger partial charge in [-0.2, -0.15) is 4.31 Å². The van der Waals surface area contributed by atoms with Gasteiger partial charge in [-0.3, -0.25) is 4.79 Å². The van der Waals surface area contributed by atoms with Crippen molar-refractivity contribution in [3.05, 3.63) is 77.4 Å². The molecule has 0 aliphatic carbocycles. The summed E-state index contributed by atoms with van der Waals surface area (Å²) < 4.78 is 27.2. The van der Waals surface area contributed by atoms with Crippen molar-refractivity contribution in [2.24, 2.45) is 5.92 Å². The number of rotatable bonds is 7. The van der Waals surface area contributed by atoms with Crippen LogP contribution in [0.1, 0.15) is 24.2 Å². The SMILES string of the molecule is O=C(Nc1cccc(CCc2nc3ccccc3[nH]2)c1)C1CCN(S(=O)(=O)c2cccs2)CC1. The van der Waals surface area contributed by atoms with Crippen molar-refractivity contribution in [2.75, 3.05) is 18.4 Å². The van der Waals surface area contributed by atoms with E-state index in [0.29, 0.717) is 30.1 Å². The first kappa shape index (κ1) is 22.8. The molecule has 0 spiro atoms. The van der Waals surface area contributed by atoms with Crippen LogP contribution in [0.25, 0.3) is 11.0 Å². The van der Waals surface area contributed by atoms with Crippen LogP contribution in [0.15, 0.2) is 70.3 Å². The van der Waals surface area contributed by atoms with Gasteiger partial charge in [0, 0.05) is 31.1 Å². The van der Waals surface area contributed by atoms with E-state index in [-0.39, 0.29) is 11.8 Å². The first-order chi connectivity index (χ1) is 16.5. The Balaban J connectivity index is 1.16. The summed E-state index contributed by atoms with van der Waals surface area (Å²) in [6.07, 6.45) is 2.62. The second-order valence-electron chi connectivity index (χ2n) is 8.50. The topological polar surface area (TPSA) is 95.2 Å². The molecule has 176 valence electrons. The molecule has 4 aromatic rings. The maximum absolute atomic E-state index is 12.9. The maximum atomic E-state index is 12.9. The molecule has 34 heavy (non-hydrogen) atoms. The molecule has 7 nitrogen and oxygen atoms in total. The van der Waals surface area contributed by atoms with Gasteiger partial charge < -0.3 is 10.3 Å². The molecule has 5 rings (SSSR count). The second-order valence-corrected chi connectivity index (χ2v) is 11.6. The van der Waals surface area contributed by atoms with Crippen molar-refractivity contribution in [1.29, 1.82) is 0 Å². The smallest absolute Gasteiger partial charge is 0.252 e. The lowest BCUT2D eigenvalue weighted by Gasteiger charge is -2.30. The Morgan fingerprint density at radius 1 is 1.06 bits per heavy atom. The molecule has 3 heterocycles. The Morgan fingerprint density at radius 2 is 1.88 bits per heavy atom. The van der Waals surface area contributed by atoms with Crippen LogP contribution in [0.4, 0.5) is 5.69 Å². The van der Waals surface area contributed by atoms with Gasteiger partial charge >= 0.3 is 0 Å². The predicted molar refractivity (Wildman–Crippen MR) is 134 cm³/mol. The normalized spacial score (nSPS) is 15.5. The molecule has 0 radical (unpaired) electrons. The minimum atomic E-state index is -3.46. The van der Waals surface area contributed by atoms with E-state index in [9.17, 15) is 13.2 Å². The quantitative estimate of drug-likeness (QED) is 0.397. The molecule has 1 aliphatic heterocycles. The van der Waals surface area contributed by atoms with Crippen LogP contribution < -0.4 is 5.32 Å². The molecule has 2 N–H and O–H groups in total. The number of anilines is 1. The van der Waals surface area contributed by atoms with Crippen molar-refractivity contribution in [2.45, 2.75) is 29.9 Å². The predicted octanol–water partition coefficient (Wildman–Crippen LogP) is 4.45. The monoisotopic (exact) mass is 494 g/mol. The van der Waals surface area contributed by atoms with E-state index in [1.54, 1.807) is 17.5 Å². The highest BCUT2D eigenvalue weighted by Crippen LogP contribution is 2.27. The fourth-order valence-electron chi connectivity index (χ4n) is 4.33. The number of sulfonamides is 1. The van der Waals surface area contributed by atoms with E-state index in [4.69, 9.17) is 0 Å². The molecule has 0 bridgehead atoms. The minimum Gasteiger partial charge on any atom is -0.342 e. The Labute approximate surface area is 202 Å². The highest BCUT2D eigenvalue weighted by atomic mass is 32.2. The number of imidazole rings is 1. The van der Waals surface area contributed by atoms with E-state index < -0.39 is 10.0 Å². The molecular formula is C25H26N4O3S2. The average Bonchev–Trinajstić information content (AvgIpc) is 3.53. The number of carbonyl (C=O) groups is 1. The molecule has 2 aromatic carbocycles. The summed E-state index contributed by atoms with van der Waals surface area (Å²) in [6.45, 7) is 0.714. The molecular weight excluding hydrogens is 468 g/mol. The number of nitrogens with zero attached hydrogens (tertiary/aromatic N) is 2. The fourth-order valence-corrected chi connectivity index (χ4v) is 6.95. The van der Waals surface area contributed by atoms with Crippen molar-refractivity contribution < 1.29 is 13.2 Å². The maximum Gasteiger partial charge on any atom is 0.252 e. The number of hydrogen-bond acceptors (Lipinski definition) is 5. The molecule has 1 amide bonds. The highest BCUT2D eigenvalue weighted by Gasteiger charge is 2.32. The molecule has 1 aliphatic rings. The van der Waals surface area contributed by atoms with Crippen LogP contribution in [0, 0.1) is 5.92 Å².